The molecule has 0 bridgehead atoms. The zero-order valence-electron chi connectivity index (χ0n) is 10.4. The summed E-state index contributed by atoms with van der Waals surface area (Å²) in [6.07, 6.45) is 7.61. The highest BCUT2D eigenvalue weighted by Gasteiger charge is 2.17. The molecule has 1 aromatic rings. The van der Waals surface area contributed by atoms with Gasteiger partial charge in [-0.1, -0.05) is 0 Å². The van der Waals surface area contributed by atoms with E-state index in [0.717, 1.165) is 30.8 Å². The van der Waals surface area contributed by atoms with Crippen LogP contribution in [-0.4, -0.2) is 32.2 Å². The Kier molecular flexibility index (Phi) is 4.10. The van der Waals surface area contributed by atoms with Crippen LogP contribution in [-0.2, 0) is 23.6 Å². The van der Waals surface area contributed by atoms with Crippen molar-refractivity contribution in [3.63, 3.8) is 0 Å². The number of hydrogen-bond donors (Lipinski definition) is 1. The third-order valence-electron chi connectivity index (χ3n) is 3.10. The SMILES string of the molecule is CC(CCS(C)=O)Nc1ncnc2c1CCC2. The van der Waals surface area contributed by atoms with Crippen LogP contribution in [0.2, 0.25) is 0 Å². The molecule has 2 atom stereocenters. The van der Waals surface area contributed by atoms with Gasteiger partial charge in [-0.05, 0) is 32.6 Å². The number of hydrogen-bond acceptors (Lipinski definition) is 4. The van der Waals surface area contributed by atoms with E-state index >= 15 is 0 Å². The number of nitrogens with zero attached hydrogens (tertiary/aromatic N) is 2. The summed E-state index contributed by atoms with van der Waals surface area (Å²) in [5, 5.41) is 3.41. The van der Waals surface area contributed by atoms with E-state index in [9.17, 15) is 4.21 Å². The van der Waals surface area contributed by atoms with Crippen molar-refractivity contribution < 1.29 is 4.21 Å². The van der Waals surface area contributed by atoms with Gasteiger partial charge in [-0.2, -0.15) is 0 Å². The van der Waals surface area contributed by atoms with Gasteiger partial charge in [0.1, 0.15) is 12.1 Å². The first-order valence-electron chi connectivity index (χ1n) is 6.06. The van der Waals surface area contributed by atoms with Gasteiger partial charge in [-0.3, -0.25) is 4.21 Å². The minimum Gasteiger partial charge on any atom is -0.367 e. The molecule has 2 unspecified atom stereocenters. The molecule has 4 nitrogen and oxygen atoms in total. The van der Waals surface area contributed by atoms with Gasteiger partial charge in [0.2, 0.25) is 0 Å². The van der Waals surface area contributed by atoms with E-state index in [0.29, 0.717) is 6.04 Å². The lowest BCUT2D eigenvalue weighted by atomic mass is 10.2. The Balaban J connectivity index is 1.99. The summed E-state index contributed by atoms with van der Waals surface area (Å²) in [5.41, 5.74) is 2.46. The van der Waals surface area contributed by atoms with Gasteiger partial charge in [0.15, 0.2) is 0 Å². The van der Waals surface area contributed by atoms with Crippen LogP contribution in [0.1, 0.15) is 31.0 Å². The molecule has 17 heavy (non-hydrogen) atoms. The summed E-state index contributed by atoms with van der Waals surface area (Å²) in [5.74, 6) is 1.71. The molecule has 1 aliphatic rings. The molecule has 0 aliphatic heterocycles. The lowest BCUT2D eigenvalue weighted by Gasteiger charge is -2.15. The van der Waals surface area contributed by atoms with Crippen LogP contribution in [0.25, 0.3) is 0 Å². The van der Waals surface area contributed by atoms with Crippen molar-refractivity contribution in [1.82, 2.24) is 9.97 Å². The fraction of sp³-hybridized carbons (Fsp3) is 0.667. The largest absolute Gasteiger partial charge is 0.367 e. The summed E-state index contributed by atoms with van der Waals surface area (Å²) in [4.78, 5) is 8.62. The topological polar surface area (TPSA) is 54.9 Å². The number of nitrogens with one attached hydrogen (secondary N) is 1. The van der Waals surface area contributed by atoms with Gasteiger partial charge in [-0.25, -0.2) is 9.97 Å². The van der Waals surface area contributed by atoms with Crippen molar-refractivity contribution in [1.29, 1.82) is 0 Å². The number of aryl methyl sites for hydroxylation is 1. The van der Waals surface area contributed by atoms with Gasteiger partial charge in [0, 0.05) is 40.1 Å². The van der Waals surface area contributed by atoms with Crippen molar-refractivity contribution in [3.05, 3.63) is 17.6 Å². The van der Waals surface area contributed by atoms with Crippen LogP contribution in [0.4, 0.5) is 5.82 Å². The van der Waals surface area contributed by atoms with E-state index in [1.165, 1.54) is 17.7 Å². The first kappa shape index (κ1) is 12.5. The smallest absolute Gasteiger partial charge is 0.133 e. The predicted octanol–water partition coefficient (Wildman–Crippen LogP) is 1.53. The highest BCUT2D eigenvalue weighted by Crippen LogP contribution is 2.25. The second-order valence-corrected chi connectivity index (χ2v) is 6.17. The van der Waals surface area contributed by atoms with Crippen LogP contribution in [0, 0.1) is 0 Å². The van der Waals surface area contributed by atoms with Crippen LogP contribution in [0.15, 0.2) is 6.33 Å². The average molecular weight is 253 g/mol. The molecule has 0 saturated heterocycles. The minimum absolute atomic E-state index is 0.304. The first-order valence-corrected chi connectivity index (χ1v) is 7.79. The molecular weight excluding hydrogens is 234 g/mol. The second-order valence-electron chi connectivity index (χ2n) is 4.61. The zero-order chi connectivity index (χ0) is 12.3. The number of aromatic nitrogens is 2. The Morgan fingerprint density at radius 3 is 3.06 bits per heavy atom. The number of anilines is 1. The monoisotopic (exact) mass is 253 g/mol. The second kappa shape index (κ2) is 5.58. The molecule has 1 aromatic heterocycles. The maximum atomic E-state index is 11.0. The molecule has 5 heteroatoms. The highest BCUT2D eigenvalue weighted by molar-refractivity contribution is 7.84. The molecule has 0 saturated carbocycles. The summed E-state index contributed by atoms with van der Waals surface area (Å²) < 4.78 is 11.0. The Labute approximate surface area is 105 Å². The fourth-order valence-corrected chi connectivity index (χ4v) is 2.82. The molecule has 2 rings (SSSR count). The molecule has 0 aromatic carbocycles. The lowest BCUT2D eigenvalue weighted by molar-refractivity contribution is 0.678. The Morgan fingerprint density at radius 2 is 2.29 bits per heavy atom. The van der Waals surface area contributed by atoms with Gasteiger partial charge in [0.05, 0.1) is 0 Å². The average Bonchev–Trinajstić information content (AvgIpc) is 2.75. The molecule has 0 spiro atoms. The summed E-state index contributed by atoms with van der Waals surface area (Å²) in [6, 6.07) is 0.304. The third kappa shape index (κ3) is 3.25. The van der Waals surface area contributed by atoms with Crippen LogP contribution in [0.3, 0.4) is 0 Å². The van der Waals surface area contributed by atoms with Gasteiger partial charge >= 0.3 is 0 Å². The van der Waals surface area contributed by atoms with E-state index < -0.39 is 10.8 Å². The Hall–Kier alpha value is -0.970. The van der Waals surface area contributed by atoms with E-state index in [1.807, 2.05) is 0 Å². The van der Waals surface area contributed by atoms with Crippen LogP contribution in [0.5, 0.6) is 0 Å². The molecule has 94 valence electrons. The molecule has 0 radical (unpaired) electrons. The fourth-order valence-electron chi connectivity index (χ4n) is 2.13. The molecule has 1 aliphatic carbocycles. The van der Waals surface area contributed by atoms with Crippen molar-refractivity contribution in [2.24, 2.45) is 0 Å². The lowest BCUT2D eigenvalue weighted by Crippen LogP contribution is -2.19. The van der Waals surface area contributed by atoms with Gasteiger partial charge < -0.3 is 5.32 Å². The highest BCUT2D eigenvalue weighted by atomic mass is 32.2. The van der Waals surface area contributed by atoms with Crippen molar-refractivity contribution in [2.45, 2.75) is 38.6 Å². The van der Waals surface area contributed by atoms with E-state index in [-0.39, 0.29) is 0 Å². The normalized spacial score (nSPS) is 17.5. The van der Waals surface area contributed by atoms with E-state index in [1.54, 1.807) is 12.6 Å². The molecule has 1 heterocycles. The molecule has 1 N–H and O–H groups in total. The standard InChI is InChI=1S/C12H19N3OS/c1-9(6-7-17(2)16)15-12-10-4-3-5-11(10)13-8-14-12/h8-9H,3-7H2,1-2H3,(H,13,14,15). The zero-order valence-corrected chi connectivity index (χ0v) is 11.2. The predicted molar refractivity (Wildman–Crippen MR) is 70.7 cm³/mol. The maximum absolute atomic E-state index is 11.0. The summed E-state index contributed by atoms with van der Waals surface area (Å²) in [7, 11) is -0.716. The molecule has 0 amide bonds. The summed E-state index contributed by atoms with van der Waals surface area (Å²) >= 11 is 0. The minimum atomic E-state index is -0.716. The Morgan fingerprint density at radius 1 is 1.47 bits per heavy atom. The molecule has 0 fully saturated rings. The molecular formula is C12H19N3OS. The Bertz CT molecular complexity index is 422. The van der Waals surface area contributed by atoms with Crippen LogP contribution < -0.4 is 5.32 Å². The quantitative estimate of drug-likeness (QED) is 0.864. The maximum Gasteiger partial charge on any atom is 0.133 e. The third-order valence-corrected chi connectivity index (χ3v) is 3.91. The van der Waals surface area contributed by atoms with Crippen molar-refractivity contribution in [3.8, 4) is 0 Å². The van der Waals surface area contributed by atoms with E-state index in [2.05, 4.69) is 22.2 Å². The van der Waals surface area contributed by atoms with Gasteiger partial charge in [0.25, 0.3) is 0 Å². The van der Waals surface area contributed by atoms with E-state index in [4.69, 9.17) is 0 Å². The summed E-state index contributed by atoms with van der Waals surface area (Å²) in [6.45, 7) is 2.11. The number of fused-ring (bicyclic) bond motifs is 1. The van der Waals surface area contributed by atoms with Crippen LogP contribution >= 0.6 is 0 Å². The first-order chi connectivity index (χ1) is 8.16. The van der Waals surface area contributed by atoms with Crippen molar-refractivity contribution in [2.75, 3.05) is 17.3 Å². The van der Waals surface area contributed by atoms with Crippen molar-refractivity contribution >= 4 is 16.6 Å². The number of rotatable bonds is 5. The van der Waals surface area contributed by atoms with Gasteiger partial charge in [-0.15, -0.1) is 0 Å².